The molecule has 1 aliphatic heterocycles. The highest BCUT2D eigenvalue weighted by Crippen LogP contribution is 2.19. The van der Waals surface area contributed by atoms with Crippen molar-refractivity contribution in [3.63, 3.8) is 0 Å². The van der Waals surface area contributed by atoms with Gasteiger partial charge in [-0.05, 0) is 37.8 Å². The maximum atomic E-state index is 12.3. The summed E-state index contributed by atoms with van der Waals surface area (Å²) < 4.78 is 5.15. The number of carbonyl (C=O) groups excluding carboxylic acids is 2. The normalized spacial score (nSPS) is 17.7. The van der Waals surface area contributed by atoms with Gasteiger partial charge < -0.3 is 9.64 Å². The summed E-state index contributed by atoms with van der Waals surface area (Å²) >= 11 is 0. The van der Waals surface area contributed by atoms with Gasteiger partial charge in [0.15, 0.2) is 12.3 Å². The molecule has 2 aromatic rings. The summed E-state index contributed by atoms with van der Waals surface area (Å²) in [7, 11) is 0. The Morgan fingerprint density at radius 1 is 1.25 bits per heavy atom. The van der Waals surface area contributed by atoms with Crippen molar-refractivity contribution in [1.29, 1.82) is 0 Å². The Balaban J connectivity index is 1.62. The van der Waals surface area contributed by atoms with Crippen molar-refractivity contribution < 1.29 is 14.3 Å². The number of para-hydroxylation sites is 2. The van der Waals surface area contributed by atoms with Crippen LogP contribution in [0.4, 0.5) is 0 Å². The number of hydrogen-bond acceptors (Lipinski definition) is 5. The Kier molecular flexibility index (Phi) is 5.03. The van der Waals surface area contributed by atoms with E-state index >= 15 is 0 Å². The van der Waals surface area contributed by atoms with Gasteiger partial charge in [-0.2, -0.15) is 0 Å². The Hall–Kier alpha value is -2.50. The number of likely N-dealkylation sites (tertiary alicyclic amines) is 1. The first kappa shape index (κ1) is 16.4. The molecule has 0 aliphatic carbocycles. The first-order valence-corrected chi connectivity index (χ1v) is 8.37. The third kappa shape index (κ3) is 3.53. The number of piperidine rings is 1. The predicted octanol–water partition coefficient (Wildman–Crippen LogP) is 2.58. The van der Waals surface area contributed by atoms with Crippen molar-refractivity contribution in [2.24, 2.45) is 0 Å². The number of esters is 1. The van der Waals surface area contributed by atoms with Crippen molar-refractivity contribution in [3.8, 4) is 0 Å². The average Bonchev–Trinajstić information content (AvgIpc) is 2.65. The zero-order chi connectivity index (χ0) is 16.9. The highest BCUT2D eigenvalue weighted by molar-refractivity contribution is 5.91. The summed E-state index contributed by atoms with van der Waals surface area (Å²) in [5.74, 6) is -0.754. The van der Waals surface area contributed by atoms with Crippen LogP contribution in [-0.4, -0.2) is 45.9 Å². The molecule has 2 heterocycles. The van der Waals surface area contributed by atoms with E-state index in [-0.39, 0.29) is 24.2 Å². The van der Waals surface area contributed by atoms with Crippen LogP contribution in [-0.2, 0) is 9.53 Å². The molecule has 0 radical (unpaired) electrons. The molecular weight excluding hydrogens is 306 g/mol. The van der Waals surface area contributed by atoms with Crippen LogP contribution >= 0.6 is 0 Å². The second-order valence-corrected chi connectivity index (χ2v) is 5.97. The van der Waals surface area contributed by atoms with Crippen LogP contribution in [0.2, 0.25) is 0 Å². The lowest BCUT2D eigenvalue weighted by molar-refractivity contribution is -0.138. The van der Waals surface area contributed by atoms with Crippen molar-refractivity contribution >= 4 is 22.9 Å². The molecule has 0 unspecified atom stereocenters. The second-order valence-electron chi connectivity index (χ2n) is 5.97. The molecule has 0 spiro atoms. The number of fused-ring (bicyclic) bond motifs is 1. The fourth-order valence-corrected chi connectivity index (χ4v) is 3.09. The van der Waals surface area contributed by atoms with E-state index in [0.29, 0.717) is 11.0 Å². The number of benzene rings is 1. The maximum Gasteiger partial charge on any atom is 0.359 e. The third-order valence-electron chi connectivity index (χ3n) is 4.40. The van der Waals surface area contributed by atoms with Crippen LogP contribution < -0.4 is 0 Å². The molecule has 126 valence electrons. The lowest BCUT2D eigenvalue weighted by Gasteiger charge is -2.35. The van der Waals surface area contributed by atoms with Gasteiger partial charge in [-0.15, -0.1) is 0 Å². The van der Waals surface area contributed by atoms with E-state index in [9.17, 15) is 9.59 Å². The number of hydrogen-bond donors (Lipinski definition) is 0. The number of ether oxygens (including phenoxy) is 1. The summed E-state index contributed by atoms with van der Waals surface area (Å²) in [6, 6.07) is 7.55. The Morgan fingerprint density at radius 2 is 2.04 bits per heavy atom. The quantitative estimate of drug-likeness (QED) is 0.807. The number of carbonyl (C=O) groups is 2. The number of aromatic nitrogens is 2. The molecule has 0 saturated carbocycles. The highest BCUT2D eigenvalue weighted by atomic mass is 16.5. The molecule has 1 aliphatic rings. The minimum atomic E-state index is -0.619. The SMILES string of the molecule is CC[C@@H]1CCCCN1C(=O)COC(=O)c1cnc2ccccc2n1. The molecule has 1 aromatic heterocycles. The van der Waals surface area contributed by atoms with Gasteiger partial charge in [-0.25, -0.2) is 9.78 Å². The van der Waals surface area contributed by atoms with Crippen LogP contribution in [0, 0.1) is 0 Å². The van der Waals surface area contributed by atoms with Gasteiger partial charge in [0.2, 0.25) is 0 Å². The molecule has 1 saturated heterocycles. The zero-order valence-electron chi connectivity index (χ0n) is 13.8. The smallest absolute Gasteiger partial charge is 0.359 e. The van der Waals surface area contributed by atoms with Gasteiger partial charge in [0.25, 0.3) is 5.91 Å². The summed E-state index contributed by atoms with van der Waals surface area (Å²) in [6.07, 6.45) is 5.48. The van der Waals surface area contributed by atoms with E-state index in [1.54, 1.807) is 6.07 Å². The van der Waals surface area contributed by atoms with E-state index in [0.717, 1.165) is 32.2 Å². The Morgan fingerprint density at radius 3 is 2.83 bits per heavy atom. The molecule has 1 amide bonds. The lowest BCUT2D eigenvalue weighted by atomic mass is 10.00. The molecule has 1 fully saturated rings. The fourth-order valence-electron chi connectivity index (χ4n) is 3.09. The van der Waals surface area contributed by atoms with E-state index in [1.165, 1.54) is 6.20 Å². The Labute approximate surface area is 140 Å². The molecule has 3 rings (SSSR count). The summed E-state index contributed by atoms with van der Waals surface area (Å²) in [5.41, 5.74) is 1.46. The van der Waals surface area contributed by atoms with Gasteiger partial charge >= 0.3 is 5.97 Å². The van der Waals surface area contributed by atoms with Crippen LogP contribution in [0.1, 0.15) is 43.1 Å². The van der Waals surface area contributed by atoms with Crippen molar-refractivity contribution in [1.82, 2.24) is 14.9 Å². The van der Waals surface area contributed by atoms with Crippen LogP contribution in [0.3, 0.4) is 0 Å². The number of amides is 1. The van der Waals surface area contributed by atoms with E-state index in [4.69, 9.17) is 4.74 Å². The molecule has 1 atom stereocenters. The second kappa shape index (κ2) is 7.38. The van der Waals surface area contributed by atoms with Crippen molar-refractivity contribution in [2.45, 2.75) is 38.6 Å². The van der Waals surface area contributed by atoms with Gasteiger partial charge in [0.1, 0.15) is 0 Å². The van der Waals surface area contributed by atoms with Gasteiger partial charge in [-0.3, -0.25) is 9.78 Å². The molecule has 24 heavy (non-hydrogen) atoms. The number of nitrogens with zero attached hydrogens (tertiary/aromatic N) is 3. The van der Waals surface area contributed by atoms with Crippen molar-refractivity contribution in [2.75, 3.05) is 13.2 Å². The maximum absolute atomic E-state index is 12.3. The third-order valence-corrected chi connectivity index (χ3v) is 4.40. The molecule has 6 nitrogen and oxygen atoms in total. The van der Waals surface area contributed by atoms with Crippen LogP contribution in [0.15, 0.2) is 30.5 Å². The summed E-state index contributed by atoms with van der Waals surface area (Å²) in [6.45, 7) is 2.57. The average molecular weight is 327 g/mol. The molecular formula is C18H21N3O3. The zero-order valence-corrected chi connectivity index (χ0v) is 13.8. The first-order valence-electron chi connectivity index (χ1n) is 8.37. The fraction of sp³-hybridized carbons (Fsp3) is 0.444. The minimum absolute atomic E-state index is 0.118. The topological polar surface area (TPSA) is 72.4 Å². The largest absolute Gasteiger partial charge is 0.451 e. The lowest BCUT2D eigenvalue weighted by Crippen LogP contribution is -2.45. The van der Waals surface area contributed by atoms with Crippen LogP contribution in [0.25, 0.3) is 11.0 Å². The highest BCUT2D eigenvalue weighted by Gasteiger charge is 2.26. The first-order chi connectivity index (χ1) is 11.7. The van der Waals surface area contributed by atoms with Gasteiger partial charge in [0.05, 0.1) is 17.2 Å². The molecule has 0 N–H and O–H groups in total. The standard InChI is InChI=1S/C18H21N3O3/c1-2-13-7-5-6-10-21(13)17(22)12-24-18(23)16-11-19-14-8-3-4-9-15(14)20-16/h3-4,8-9,11,13H,2,5-7,10,12H2,1H3/t13-/m1/s1. The summed E-state index contributed by atoms with van der Waals surface area (Å²) in [4.78, 5) is 34.7. The van der Waals surface area contributed by atoms with E-state index < -0.39 is 5.97 Å². The monoisotopic (exact) mass is 327 g/mol. The van der Waals surface area contributed by atoms with Gasteiger partial charge in [-0.1, -0.05) is 19.1 Å². The minimum Gasteiger partial charge on any atom is -0.451 e. The van der Waals surface area contributed by atoms with E-state index in [2.05, 4.69) is 16.9 Å². The predicted molar refractivity (Wildman–Crippen MR) is 89.5 cm³/mol. The van der Waals surface area contributed by atoms with Crippen molar-refractivity contribution in [3.05, 3.63) is 36.2 Å². The Bertz CT molecular complexity index is 747. The van der Waals surface area contributed by atoms with Gasteiger partial charge in [0, 0.05) is 12.6 Å². The molecule has 6 heteroatoms. The number of rotatable bonds is 4. The van der Waals surface area contributed by atoms with E-state index in [1.807, 2.05) is 23.1 Å². The molecule has 0 bridgehead atoms. The summed E-state index contributed by atoms with van der Waals surface area (Å²) in [5, 5.41) is 0. The van der Waals surface area contributed by atoms with Crippen LogP contribution in [0.5, 0.6) is 0 Å². The molecule has 1 aromatic carbocycles.